The highest BCUT2D eigenvalue weighted by atomic mass is 79.9. The van der Waals surface area contributed by atoms with E-state index in [-0.39, 0.29) is 18.0 Å². The van der Waals surface area contributed by atoms with Crippen molar-refractivity contribution >= 4 is 33.2 Å². The van der Waals surface area contributed by atoms with E-state index in [1.165, 1.54) is 29.2 Å². The van der Waals surface area contributed by atoms with Gasteiger partial charge in [0.15, 0.2) is 0 Å². The third-order valence-corrected chi connectivity index (χ3v) is 4.66. The number of halogens is 1. The monoisotopic (exact) mass is 389 g/mol. The third kappa shape index (κ3) is 3.87. The standard InChI is InChI=1S/C18H20BrN3O2/c1-13-10-15(5-6-16(13)21-8-2-3-9-21)20-17(23)12-22-11-14(19)4-7-18(22)24/h4-7,10-11H,2-3,8-9,12H2,1H3,(H,20,23). The lowest BCUT2D eigenvalue weighted by Gasteiger charge is -2.20. The Labute approximate surface area is 149 Å². The molecule has 1 aromatic heterocycles. The second kappa shape index (κ2) is 7.21. The van der Waals surface area contributed by atoms with Crippen LogP contribution in [-0.4, -0.2) is 23.6 Å². The zero-order valence-corrected chi connectivity index (χ0v) is 15.2. The summed E-state index contributed by atoms with van der Waals surface area (Å²) in [5.74, 6) is -0.219. The molecule has 0 radical (unpaired) electrons. The molecule has 1 amide bonds. The summed E-state index contributed by atoms with van der Waals surface area (Å²) in [6.07, 6.45) is 4.09. The Morgan fingerprint density at radius 1 is 1.21 bits per heavy atom. The summed E-state index contributed by atoms with van der Waals surface area (Å²) < 4.78 is 2.14. The lowest BCUT2D eigenvalue weighted by Crippen LogP contribution is -2.26. The highest BCUT2D eigenvalue weighted by Gasteiger charge is 2.14. The Balaban J connectivity index is 1.69. The Kier molecular flexibility index (Phi) is 5.04. The van der Waals surface area contributed by atoms with Gasteiger partial charge >= 0.3 is 0 Å². The Morgan fingerprint density at radius 3 is 2.67 bits per heavy atom. The van der Waals surface area contributed by atoms with E-state index < -0.39 is 0 Å². The van der Waals surface area contributed by atoms with Crippen LogP contribution in [-0.2, 0) is 11.3 Å². The Morgan fingerprint density at radius 2 is 1.96 bits per heavy atom. The van der Waals surface area contributed by atoms with E-state index in [4.69, 9.17) is 0 Å². The van der Waals surface area contributed by atoms with Gasteiger partial charge in [0.2, 0.25) is 5.91 Å². The van der Waals surface area contributed by atoms with Crippen molar-refractivity contribution in [2.24, 2.45) is 0 Å². The Bertz CT molecular complexity index is 810. The number of benzene rings is 1. The van der Waals surface area contributed by atoms with Crippen molar-refractivity contribution in [2.75, 3.05) is 23.3 Å². The minimum Gasteiger partial charge on any atom is -0.371 e. The van der Waals surface area contributed by atoms with E-state index >= 15 is 0 Å². The average molecular weight is 390 g/mol. The van der Waals surface area contributed by atoms with Gasteiger partial charge in [-0.15, -0.1) is 0 Å². The smallest absolute Gasteiger partial charge is 0.251 e. The molecule has 1 saturated heterocycles. The van der Waals surface area contributed by atoms with E-state index in [1.807, 2.05) is 12.1 Å². The molecule has 0 spiro atoms. The number of aryl methyl sites for hydroxylation is 1. The predicted octanol–water partition coefficient (Wildman–Crippen LogP) is 3.16. The van der Waals surface area contributed by atoms with Crippen LogP contribution in [0.2, 0.25) is 0 Å². The number of amides is 1. The van der Waals surface area contributed by atoms with E-state index in [9.17, 15) is 9.59 Å². The second-order valence-electron chi connectivity index (χ2n) is 6.06. The van der Waals surface area contributed by atoms with Crippen molar-refractivity contribution in [1.29, 1.82) is 0 Å². The van der Waals surface area contributed by atoms with Gasteiger partial charge in [-0.3, -0.25) is 9.59 Å². The predicted molar refractivity (Wildman–Crippen MR) is 99.7 cm³/mol. The first-order chi connectivity index (χ1) is 11.5. The molecule has 1 aromatic carbocycles. The molecule has 0 saturated carbocycles. The van der Waals surface area contributed by atoms with Crippen LogP contribution in [0.4, 0.5) is 11.4 Å². The maximum Gasteiger partial charge on any atom is 0.251 e. The van der Waals surface area contributed by atoms with Gasteiger partial charge in [-0.2, -0.15) is 0 Å². The molecule has 6 heteroatoms. The van der Waals surface area contributed by atoms with Crippen molar-refractivity contribution in [3.05, 3.63) is 56.9 Å². The fraction of sp³-hybridized carbons (Fsp3) is 0.333. The number of nitrogens with one attached hydrogen (secondary N) is 1. The number of hydrogen-bond donors (Lipinski definition) is 1. The summed E-state index contributed by atoms with van der Waals surface area (Å²) in [4.78, 5) is 26.3. The first-order valence-electron chi connectivity index (χ1n) is 8.04. The maximum absolute atomic E-state index is 12.2. The van der Waals surface area contributed by atoms with Crippen LogP contribution < -0.4 is 15.8 Å². The number of nitrogens with zero attached hydrogens (tertiary/aromatic N) is 2. The molecule has 3 rings (SSSR count). The van der Waals surface area contributed by atoms with E-state index in [2.05, 4.69) is 39.1 Å². The van der Waals surface area contributed by atoms with Crippen LogP contribution in [0.1, 0.15) is 18.4 Å². The van der Waals surface area contributed by atoms with E-state index in [0.29, 0.717) is 0 Å². The topological polar surface area (TPSA) is 54.3 Å². The van der Waals surface area contributed by atoms with Crippen LogP contribution in [0, 0.1) is 6.92 Å². The van der Waals surface area contributed by atoms with Gasteiger partial charge < -0.3 is 14.8 Å². The van der Waals surface area contributed by atoms with Gasteiger partial charge in [0.1, 0.15) is 6.54 Å². The van der Waals surface area contributed by atoms with Crippen molar-refractivity contribution in [3.8, 4) is 0 Å². The number of carbonyl (C=O) groups excluding carboxylic acids is 1. The van der Waals surface area contributed by atoms with Crippen LogP contribution in [0.3, 0.4) is 0 Å². The van der Waals surface area contributed by atoms with Gasteiger partial charge in [-0.25, -0.2) is 0 Å². The summed E-state index contributed by atoms with van der Waals surface area (Å²) in [7, 11) is 0. The molecule has 1 aliphatic rings. The third-order valence-electron chi connectivity index (χ3n) is 4.19. The van der Waals surface area contributed by atoms with Crippen molar-refractivity contribution < 1.29 is 4.79 Å². The molecular formula is C18H20BrN3O2. The van der Waals surface area contributed by atoms with Crippen molar-refractivity contribution in [3.63, 3.8) is 0 Å². The first-order valence-corrected chi connectivity index (χ1v) is 8.84. The zero-order chi connectivity index (χ0) is 17.1. The average Bonchev–Trinajstić information content (AvgIpc) is 3.05. The van der Waals surface area contributed by atoms with Crippen LogP contribution in [0.5, 0.6) is 0 Å². The molecular weight excluding hydrogens is 370 g/mol. The van der Waals surface area contributed by atoms with Crippen molar-refractivity contribution in [2.45, 2.75) is 26.3 Å². The molecule has 5 nitrogen and oxygen atoms in total. The van der Waals surface area contributed by atoms with Gasteiger partial charge in [0.25, 0.3) is 5.56 Å². The molecule has 0 bridgehead atoms. The summed E-state index contributed by atoms with van der Waals surface area (Å²) in [6.45, 7) is 4.24. The summed E-state index contributed by atoms with van der Waals surface area (Å²) >= 11 is 3.31. The van der Waals surface area contributed by atoms with Gasteiger partial charge in [-0.05, 0) is 65.5 Å². The Hall–Kier alpha value is -2.08. The second-order valence-corrected chi connectivity index (χ2v) is 6.97. The highest BCUT2D eigenvalue weighted by molar-refractivity contribution is 9.10. The molecule has 24 heavy (non-hydrogen) atoms. The molecule has 2 aromatic rings. The minimum absolute atomic E-state index is 0.00873. The quantitative estimate of drug-likeness (QED) is 0.873. The number of rotatable bonds is 4. The normalized spacial score (nSPS) is 14.0. The van der Waals surface area contributed by atoms with Crippen LogP contribution in [0.25, 0.3) is 0 Å². The zero-order valence-electron chi connectivity index (χ0n) is 13.6. The number of pyridine rings is 1. The molecule has 1 fully saturated rings. The molecule has 0 atom stereocenters. The largest absolute Gasteiger partial charge is 0.371 e. The van der Waals surface area contributed by atoms with Gasteiger partial charge in [0, 0.05) is 41.2 Å². The lowest BCUT2D eigenvalue weighted by atomic mass is 10.1. The molecule has 2 heterocycles. The van der Waals surface area contributed by atoms with Gasteiger partial charge in [0.05, 0.1) is 0 Å². The molecule has 1 aliphatic heterocycles. The number of hydrogen-bond acceptors (Lipinski definition) is 3. The highest BCUT2D eigenvalue weighted by Crippen LogP contribution is 2.26. The summed E-state index contributed by atoms with van der Waals surface area (Å²) in [5.41, 5.74) is 2.93. The summed E-state index contributed by atoms with van der Waals surface area (Å²) in [5, 5.41) is 2.86. The number of carbonyl (C=O) groups is 1. The van der Waals surface area contributed by atoms with E-state index in [0.717, 1.165) is 28.8 Å². The maximum atomic E-state index is 12.2. The SMILES string of the molecule is Cc1cc(NC(=O)Cn2cc(Br)ccc2=O)ccc1N1CCCC1. The lowest BCUT2D eigenvalue weighted by molar-refractivity contribution is -0.116. The molecule has 126 valence electrons. The van der Waals surface area contributed by atoms with Crippen LogP contribution in [0.15, 0.2) is 45.8 Å². The van der Waals surface area contributed by atoms with Gasteiger partial charge in [-0.1, -0.05) is 0 Å². The fourth-order valence-electron chi connectivity index (χ4n) is 3.03. The van der Waals surface area contributed by atoms with Crippen LogP contribution >= 0.6 is 15.9 Å². The fourth-order valence-corrected chi connectivity index (χ4v) is 3.41. The van der Waals surface area contributed by atoms with E-state index in [1.54, 1.807) is 12.3 Å². The summed E-state index contributed by atoms with van der Waals surface area (Å²) in [6, 6.07) is 9.06. The number of anilines is 2. The molecule has 1 N–H and O–H groups in total. The first kappa shape index (κ1) is 16.8. The molecule has 0 unspecified atom stereocenters. The minimum atomic E-state index is -0.219. The number of aromatic nitrogens is 1. The van der Waals surface area contributed by atoms with Crippen molar-refractivity contribution in [1.82, 2.24) is 4.57 Å². The molecule has 0 aliphatic carbocycles.